The maximum absolute atomic E-state index is 9.61. The van der Waals surface area contributed by atoms with Gasteiger partial charge in [-0.2, -0.15) is 0 Å². The van der Waals surface area contributed by atoms with Crippen LogP contribution < -0.4 is 5.32 Å². The van der Waals surface area contributed by atoms with Crippen molar-refractivity contribution >= 4 is 11.6 Å². The second-order valence-corrected chi connectivity index (χ2v) is 4.77. The van der Waals surface area contributed by atoms with E-state index in [1.807, 2.05) is 0 Å². The zero-order valence-electron chi connectivity index (χ0n) is 8.99. The molecule has 1 fully saturated rings. The Balaban J connectivity index is 1.81. The van der Waals surface area contributed by atoms with Crippen LogP contribution in [-0.4, -0.2) is 22.9 Å². The van der Waals surface area contributed by atoms with Crippen LogP contribution >= 0.6 is 11.6 Å². The molecule has 4 heteroatoms. The van der Waals surface area contributed by atoms with Gasteiger partial charge in [0.25, 0.3) is 0 Å². The number of halogens is 1. The molecule has 1 aromatic carbocycles. The molecule has 0 heterocycles. The molecule has 88 valence electrons. The highest BCUT2D eigenvalue weighted by Gasteiger charge is 2.26. The number of rotatable bonds is 4. The number of benzene rings is 1. The Bertz CT molecular complexity index is 344. The zero-order valence-corrected chi connectivity index (χ0v) is 9.74. The lowest BCUT2D eigenvalue weighted by Crippen LogP contribution is -2.35. The van der Waals surface area contributed by atoms with Crippen LogP contribution in [0.4, 0.5) is 0 Å². The van der Waals surface area contributed by atoms with Crippen molar-refractivity contribution in [3.63, 3.8) is 0 Å². The van der Waals surface area contributed by atoms with Crippen molar-refractivity contribution in [1.29, 1.82) is 0 Å². The first-order valence-corrected chi connectivity index (χ1v) is 5.89. The molecule has 1 aliphatic carbocycles. The van der Waals surface area contributed by atoms with E-state index < -0.39 is 0 Å². The van der Waals surface area contributed by atoms with E-state index in [0.29, 0.717) is 17.5 Å². The zero-order chi connectivity index (χ0) is 11.5. The minimum absolute atomic E-state index is 0.111. The number of hydrogen-bond donors (Lipinski definition) is 3. The van der Waals surface area contributed by atoms with Gasteiger partial charge in [0.15, 0.2) is 0 Å². The lowest BCUT2D eigenvalue weighted by atomic mass is 9.82. The normalized spacial score (nSPS) is 24.1. The van der Waals surface area contributed by atoms with Crippen molar-refractivity contribution in [1.82, 2.24) is 5.32 Å². The Hall–Kier alpha value is -0.770. The van der Waals surface area contributed by atoms with Crippen molar-refractivity contribution in [2.24, 2.45) is 5.92 Å². The molecule has 1 aliphatic rings. The third kappa shape index (κ3) is 2.67. The second-order valence-electron chi connectivity index (χ2n) is 4.36. The van der Waals surface area contributed by atoms with Crippen molar-refractivity contribution in [3.8, 4) is 5.75 Å². The van der Waals surface area contributed by atoms with Crippen LogP contribution in [0.25, 0.3) is 0 Å². The summed E-state index contributed by atoms with van der Waals surface area (Å²) in [5.74, 6) is 0.785. The molecule has 0 bridgehead atoms. The predicted octanol–water partition coefficient (Wildman–Crippen LogP) is 1.91. The predicted molar refractivity (Wildman–Crippen MR) is 63.6 cm³/mol. The summed E-state index contributed by atoms with van der Waals surface area (Å²) < 4.78 is 0. The van der Waals surface area contributed by atoms with Gasteiger partial charge in [-0.05, 0) is 37.4 Å². The van der Waals surface area contributed by atoms with Gasteiger partial charge in [-0.1, -0.05) is 17.7 Å². The quantitative estimate of drug-likeness (QED) is 0.755. The Kier molecular flexibility index (Phi) is 3.69. The van der Waals surface area contributed by atoms with Crippen LogP contribution in [-0.2, 0) is 6.54 Å². The van der Waals surface area contributed by atoms with Crippen molar-refractivity contribution < 1.29 is 10.2 Å². The number of phenolic OH excluding ortho intramolecular Hbond substituents is 1. The van der Waals surface area contributed by atoms with E-state index >= 15 is 0 Å². The van der Waals surface area contributed by atoms with Gasteiger partial charge in [0.05, 0.1) is 6.10 Å². The maximum atomic E-state index is 9.61. The molecule has 0 aromatic heterocycles. The lowest BCUT2D eigenvalue weighted by molar-refractivity contribution is 0.0429. The largest absolute Gasteiger partial charge is 0.508 e. The van der Waals surface area contributed by atoms with Crippen LogP contribution in [0.5, 0.6) is 5.75 Å². The molecular weight excluding hydrogens is 226 g/mol. The van der Waals surface area contributed by atoms with E-state index in [2.05, 4.69) is 5.32 Å². The van der Waals surface area contributed by atoms with Gasteiger partial charge in [0, 0.05) is 17.1 Å². The topological polar surface area (TPSA) is 52.5 Å². The first-order valence-electron chi connectivity index (χ1n) is 5.52. The van der Waals surface area contributed by atoms with Gasteiger partial charge in [0.1, 0.15) is 5.75 Å². The smallest absolute Gasteiger partial charge is 0.121 e. The molecule has 1 saturated carbocycles. The average Bonchev–Trinajstić information content (AvgIpc) is 2.19. The van der Waals surface area contributed by atoms with E-state index in [0.717, 1.165) is 24.9 Å². The molecule has 0 atom stereocenters. The van der Waals surface area contributed by atoms with Gasteiger partial charge in [-0.3, -0.25) is 0 Å². The summed E-state index contributed by atoms with van der Waals surface area (Å²) in [7, 11) is 0. The number of aliphatic hydroxyl groups excluding tert-OH is 1. The van der Waals surface area contributed by atoms with Gasteiger partial charge in [-0.25, -0.2) is 0 Å². The highest BCUT2D eigenvalue weighted by Crippen LogP contribution is 2.27. The van der Waals surface area contributed by atoms with Gasteiger partial charge in [-0.15, -0.1) is 0 Å². The monoisotopic (exact) mass is 241 g/mol. The third-order valence-corrected chi connectivity index (χ3v) is 3.39. The summed E-state index contributed by atoms with van der Waals surface area (Å²) in [6.07, 6.45) is 1.64. The second kappa shape index (κ2) is 5.04. The Morgan fingerprint density at radius 3 is 2.75 bits per heavy atom. The summed E-state index contributed by atoms with van der Waals surface area (Å²) in [6, 6.07) is 5.13. The maximum Gasteiger partial charge on any atom is 0.121 e. The lowest BCUT2D eigenvalue weighted by Gasteiger charge is -2.31. The third-order valence-electron chi connectivity index (χ3n) is 3.04. The Labute approximate surface area is 100 Å². The fourth-order valence-corrected chi connectivity index (χ4v) is 2.23. The summed E-state index contributed by atoms with van der Waals surface area (Å²) in [6.45, 7) is 1.43. The average molecular weight is 242 g/mol. The van der Waals surface area contributed by atoms with E-state index in [4.69, 9.17) is 16.7 Å². The summed E-state index contributed by atoms with van der Waals surface area (Å²) in [5, 5.41) is 22.6. The molecule has 3 N–H and O–H groups in total. The van der Waals surface area contributed by atoms with E-state index in [-0.39, 0.29) is 11.9 Å². The van der Waals surface area contributed by atoms with Crippen molar-refractivity contribution in [2.45, 2.75) is 25.5 Å². The Morgan fingerprint density at radius 1 is 1.38 bits per heavy atom. The standard InChI is InChI=1S/C12H16ClNO2/c13-11-2-1-3-12(16)10(11)7-14-6-8-4-9(15)5-8/h1-3,8-9,14-16H,4-7H2. The molecule has 0 amide bonds. The van der Waals surface area contributed by atoms with Crippen LogP contribution in [0.15, 0.2) is 18.2 Å². The first kappa shape index (κ1) is 11.7. The van der Waals surface area contributed by atoms with Crippen molar-refractivity contribution in [2.75, 3.05) is 6.54 Å². The van der Waals surface area contributed by atoms with E-state index in [1.54, 1.807) is 18.2 Å². The summed E-state index contributed by atoms with van der Waals surface area (Å²) in [5.41, 5.74) is 0.740. The minimum Gasteiger partial charge on any atom is -0.508 e. The molecule has 0 saturated heterocycles. The van der Waals surface area contributed by atoms with Crippen LogP contribution in [0, 0.1) is 5.92 Å². The van der Waals surface area contributed by atoms with Crippen LogP contribution in [0.3, 0.4) is 0 Å². The van der Waals surface area contributed by atoms with E-state index in [9.17, 15) is 5.11 Å². The SMILES string of the molecule is Oc1cccc(Cl)c1CNCC1CC(O)C1. The minimum atomic E-state index is -0.111. The molecule has 16 heavy (non-hydrogen) atoms. The molecule has 3 nitrogen and oxygen atoms in total. The van der Waals surface area contributed by atoms with Gasteiger partial charge >= 0.3 is 0 Å². The summed E-state index contributed by atoms with van der Waals surface area (Å²) in [4.78, 5) is 0. The first-order chi connectivity index (χ1) is 7.66. The number of nitrogens with one attached hydrogen (secondary N) is 1. The van der Waals surface area contributed by atoms with Gasteiger partial charge < -0.3 is 15.5 Å². The highest BCUT2D eigenvalue weighted by atomic mass is 35.5. The molecule has 0 spiro atoms. The fraction of sp³-hybridized carbons (Fsp3) is 0.500. The molecule has 0 aliphatic heterocycles. The molecule has 0 unspecified atom stereocenters. The molecule has 2 rings (SSSR count). The number of aliphatic hydroxyl groups is 1. The number of phenols is 1. The fourth-order valence-electron chi connectivity index (χ4n) is 1.99. The van der Waals surface area contributed by atoms with Crippen LogP contribution in [0.2, 0.25) is 5.02 Å². The number of hydrogen-bond acceptors (Lipinski definition) is 3. The number of aromatic hydroxyl groups is 1. The molecule has 0 radical (unpaired) electrons. The van der Waals surface area contributed by atoms with E-state index in [1.165, 1.54) is 0 Å². The highest BCUT2D eigenvalue weighted by molar-refractivity contribution is 6.31. The molecular formula is C12H16ClNO2. The van der Waals surface area contributed by atoms with Crippen molar-refractivity contribution in [3.05, 3.63) is 28.8 Å². The van der Waals surface area contributed by atoms with Gasteiger partial charge in [0.2, 0.25) is 0 Å². The van der Waals surface area contributed by atoms with Crippen LogP contribution in [0.1, 0.15) is 18.4 Å². The summed E-state index contributed by atoms with van der Waals surface area (Å²) >= 11 is 5.98. The molecule has 1 aromatic rings. The Morgan fingerprint density at radius 2 is 2.12 bits per heavy atom.